The summed E-state index contributed by atoms with van der Waals surface area (Å²) in [5.41, 5.74) is 1.05. The topological polar surface area (TPSA) is 12.5 Å². The van der Waals surface area contributed by atoms with Crippen LogP contribution in [0.25, 0.3) is 0 Å². The van der Waals surface area contributed by atoms with Gasteiger partial charge in [0, 0.05) is 14.1 Å². The average Bonchev–Trinajstić information content (AvgIpc) is 2.91. The molecule has 0 saturated heterocycles. The molecule has 1 aromatic carbocycles. The lowest BCUT2D eigenvalue weighted by Gasteiger charge is -2.18. The number of benzene rings is 1. The van der Waals surface area contributed by atoms with E-state index in [0.717, 1.165) is 24.3 Å². The number of anilines is 1. The predicted molar refractivity (Wildman–Crippen MR) is 59.4 cm³/mol. The maximum atomic E-state index is 6.09. The van der Waals surface area contributed by atoms with E-state index >= 15 is 0 Å². The van der Waals surface area contributed by atoms with Crippen LogP contribution < -0.4 is 9.64 Å². The second-order valence-corrected chi connectivity index (χ2v) is 4.21. The average molecular weight is 212 g/mol. The summed E-state index contributed by atoms with van der Waals surface area (Å²) in [7, 11) is 3.98. The van der Waals surface area contributed by atoms with Gasteiger partial charge in [-0.25, -0.2) is 0 Å². The van der Waals surface area contributed by atoms with Gasteiger partial charge in [0.2, 0.25) is 0 Å². The molecule has 0 N–H and O–H groups in total. The number of halogens is 1. The summed E-state index contributed by atoms with van der Waals surface area (Å²) in [4.78, 5) is 2.02. The monoisotopic (exact) mass is 211 g/mol. The molecular weight excluding hydrogens is 198 g/mol. The van der Waals surface area contributed by atoms with Gasteiger partial charge in [0.15, 0.2) is 5.75 Å². The van der Waals surface area contributed by atoms with Crippen molar-refractivity contribution in [2.45, 2.75) is 18.9 Å². The van der Waals surface area contributed by atoms with Crippen molar-refractivity contribution in [1.82, 2.24) is 0 Å². The van der Waals surface area contributed by atoms with Crippen LogP contribution in [0, 0.1) is 0 Å². The Balaban J connectivity index is 2.31. The Morgan fingerprint density at radius 1 is 1.36 bits per heavy atom. The summed E-state index contributed by atoms with van der Waals surface area (Å²) in [6.45, 7) is 0. The number of ether oxygens (including phenoxy) is 1. The lowest BCUT2D eigenvalue weighted by molar-refractivity contribution is 0.304. The van der Waals surface area contributed by atoms with Gasteiger partial charge in [-0.15, -0.1) is 0 Å². The molecule has 76 valence electrons. The van der Waals surface area contributed by atoms with Crippen LogP contribution in [0.4, 0.5) is 5.69 Å². The minimum absolute atomic E-state index is 0.383. The van der Waals surface area contributed by atoms with Crippen LogP contribution in [0.5, 0.6) is 5.75 Å². The van der Waals surface area contributed by atoms with E-state index in [1.165, 1.54) is 0 Å². The van der Waals surface area contributed by atoms with Crippen molar-refractivity contribution in [2.75, 3.05) is 19.0 Å². The first-order valence-corrected chi connectivity index (χ1v) is 5.19. The minimum Gasteiger partial charge on any atom is -0.487 e. The van der Waals surface area contributed by atoms with E-state index < -0.39 is 0 Å². The zero-order chi connectivity index (χ0) is 10.1. The maximum Gasteiger partial charge on any atom is 0.161 e. The van der Waals surface area contributed by atoms with Gasteiger partial charge in [0.05, 0.1) is 16.8 Å². The third-order valence-corrected chi connectivity index (χ3v) is 2.53. The van der Waals surface area contributed by atoms with Crippen LogP contribution in [-0.4, -0.2) is 20.2 Å². The van der Waals surface area contributed by atoms with Crippen LogP contribution in [0.15, 0.2) is 18.2 Å². The van der Waals surface area contributed by atoms with E-state index in [2.05, 4.69) is 0 Å². The van der Waals surface area contributed by atoms with Crippen molar-refractivity contribution in [1.29, 1.82) is 0 Å². The van der Waals surface area contributed by atoms with Crippen LogP contribution in [0.3, 0.4) is 0 Å². The SMILES string of the molecule is CN(C)c1cccc(Cl)c1OC1CC1. The summed E-state index contributed by atoms with van der Waals surface area (Å²) < 4.78 is 5.77. The first-order valence-electron chi connectivity index (χ1n) is 4.81. The van der Waals surface area contributed by atoms with E-state index in [0.29, 0.717) is 11.1 Å². The van der Waals surface area contributed by atoms with Gasteiger partial charge in [-0.05, 0) is 25.0 Å². The van der Waals surface area contributed by atoms with E-state index in [4.69, 9.17) is 16.3 Å². The van der Waals surface area contributed by atoms with Gasteiger partial charge in [0.25, 0.3) is 0 Å². The minimum atomic E-state index is 0.383. The molecule has 0 radical (unpaired) electrons. The lowest BCUT2D eigenvalue weighted by Crippen LogP contribution is -2.11. The molecule has 0 aliphatic heterocycles. The van der Waals surface area contributed by atoms with E-state index in [-0.39, 0.29) is 0 Å². The fraction of sp³-hybridized carbons (Fsp3) is 0.455. The Morgan fingerprint density at radius 3 is 2.64 bits per heavy atom. The highest BCUT2D eigenvalue weighted by atomic mass is 35.5. The molecule has 1 aliphatic carbocycles. The largest absolute Gasteiger partial charge is 0.487 e. The van der Waals surface area contributed by atoms with Gasteiger partial charge < -0.3 is 9.64 Å². The van der Waals surface area contributed by atoms with Gasteiger partial charge in [0.1, 0.15) is 0 Å². The van der Waals surface area contributed by atoms with Crippen molar-refractivity contribution in [3.05, 3.63) is 23.2 Å². The summed E-state index contributed by atoms with van der Waals surface area (Å²) in [5.74, 6) is 0.821. The van der Waals surface area contributed by atoms with Crippen molar-refractivity contribution >= 4 is 17.3 Å². The highest BCUT2D eigenvalue weighted by Crippen LogP contribution is 2.38. The molecule has 0 aromatic heterocycles. The molecule has 3 heteroatoms. The highest BCUT2D eigenvalue weighted by Gasteiger charge is 2.25. The molecule has 0 bridgehead atoms. The van der Waals surface area contributed by atoms with Gasteiger partial charge in [-0.2, -0.15) is 0 Å². The first kappa shape index (κ1) is 9.66. The highest BCUT2D eigenvalue weighted by molar-refractivity contribution is 6.32. The molecule has 1 aliphatic rings. The number of hydrogen-bond acceptors (Lipinski definition) is 2. The molecular formula is C11H14ClNO. The van der Waals surface area contributed by atoms with Crippen molar-refractivity contribution < 1.29 is 4.74 Å². The van der Waals surface area contributed by atoms with E-state index in [1.54, 1.807) is 0 Å². The Morgan fingerprint density at radius 2 is 2.07 bits per heavy atom. The zero-order valence-electron chi connectivity index (χ0n) is 8.46. The lowest BCUT2D eigenvalue weighted by atomic mass is 10.3. The van der Waals surface area contributed by atoms with Crippen molar-refractivity contribution in [3.63, 3.8) is 0 Å². The molecule has 0 spiro atoms. The Labute approximate surface area is 89.4 Å². The third-order valence-electron chi connectivity index (χ3n) is 2.24. The predicted octanol–water partition coefficient (Wildman–Crippen LogP) is 2.95. The molecule has 1 aromatic rings. The molecule has 0 heterocycles. The zero-order valence-corrected chi connectivity index (χ0v) is 9.21. The van der Waals surface area contributed by atoms with Gasteiger partial charge in [-0.3, -0.25) is 0 Å². The number of hydrogen-bond donors (Lipinski definition) is 0. The number of rotatable bonds is 3. The van der Waals surface area contributed by atoms with Crippen LogP contribution in [0.1, 0.15) is 12.8 Å². The Bertz CT molecular complexity index is 334. The van der Waals surface area contributed by atoms with Crippen LogP contribution in [-0.2, 0) is 0 Å². The van der Waals surface area contributed by atoms with Crippen LogP contribution in [0.2, 0.25) is 5.02 Å². The molecule has 1 fully saturated rings. The van der Waals surface area contributed by atoms with E-state index in [9.17, 15) is 0 Å². The number of para-hydroxylation sites is 1. The van der Waals surface area contributed by atoms with Gasteiger partial charge in [-0.1, -0.05) is 17.7 Å². The Hall–Kier alpha value is -0.890. The third kappa shape index (κ3) is 1.95. The molecule has 0 unspecified atom stereocenters. The molecule has 2 rings (SSSR count). The first-order chi connectivity index (χ1) is 6.68. The Kier molecular flexibility index (Phi) is 2.55. The fourth-order valence-electron chi connectivity index (χ4n) is 1.32. The summed E-state index contributed by atoms with van der Waals surface area (Å²) >= 11 is 6.09. The number of nitrogens with zero attached hydrogens (tertiary/aromatic N) is 1. The second kappa shape index (κ2) is 3.70. The quantitative estimate of drug-likeness (QED) is 0.762. The molecule has 0 atom stereocenters. The molecule has 2 nitrogen and oxygen atoms in total. The van der Waals surface area contributed by atoms with Crippen molar-refractivity contribution in [3.8, 4) is 5.75 Å². The standard InChI is InChI=1S/C11H14ClNO/c1-13(2)10-5-3-4-9(12)11(10)14-8-6-7-8/h3-5,8H,6-7H2,1-2H3. The smallest absolute Gasteiger partial charge is 0.161 e. The second-order valence-electron chi connectivity index (χ2n) is 3.80. The molecule has 1 saturated carbocycles. The molecule has 14 heavy (non-hydrogen) atoms. The van der Waals surface area contributed by atoms with Crippen LogP contribution >= 0.6 is 11.6 Å². The summed E-state index contributed by atoms with van der Waals surface area (Å²) in [5, 5.41) is 0.697. The summed E-state index contributed by atoms with van der Waals surface area (Å²) in [6, 6.07) is 5.83. The molecule has 0 amide bonds. The summed E-state index contributed by atoms with van der Waals surface area (Å²) in [6.07, 6.45) is 2.68. The maximum absolute atomic E-state index is 6.09. The fourth-order valence-corrected chi connectivity index (χ4v) is 1.53. The van der Waals surface area contributed by atoms with E-state index in [1.807, 2.05) is 37.2 Å². The van der Waals surface area contributed by atoms with Crippen molar-refractivity contribution in [2.24, 2.45) is 0 Å². The normalized spacial score (nSPS) is 15.4. The van der Waals surface area contributed by atoms with Gasteiger partial charge >= 0.3 is 0 Å².